The van der Waals surface area contributed by atoms with Crippen molar-refractivity contribution in [2.75, 3.05) is 13.1 Å². The lowest BCUT2D eigenvalue weighted by molar-refractivity contribution is -0.0557. The van der Waals surface area contributed by atoms with Gasteiger partial charge in [-0.1, -0.05) is 60.7 Å². The number of hydrogen-bond acceptors (Lipinski definition) is 3. The predicted octanol–water partition coefficient (Wildman–Crippen LogP) is 2.98. The zero-order valence-corrected chi connectivity index (χ0v) is 13.9. The van der Waals surface area contributed by atoms with Crippen molar-refractivity contribution in [1.29, 1.82) is 0 Å². The van der Waals surface area contributed by atoms with Crippen molar-refractivity contribution in [1.82, 2.24) is 4.31 Å². The zero-order valence-electron chi connectivity index (χ0n) is 13.1. The van der Waals surface area contributed by atoms with E-state index in [0.717, 1.165) is 11.1 Å². The van der Waals surface area contributed by atoms with Gasteiger partial charge in [-0.15, -0.1) is 0 Å². The van der Waals surface area contributed by atoms with Crippen LogP contribution in [0.15, 0.2) is 60.7 Å². The third kappa shape index (κ3) is 3.99. The fraction of sp³-hybridized carbons (Fsp3) is 0.333. The van der Waals surface area contributed by atoms with Gasteiger partial charge in [0.05, 0.1) is 18.0 Å². The van der Waals surface area contributed by atoms with Crippen LogP contribution in [0.3, 0.4) is 0 Å². The van der Waals surface area contributed by atoms with Crippen LogP contribution in [0.2, 0.25) is 0 Å². The Bertz CT molecular complexity index is 731. The molecule has 0 aromatic heterocycles. The van der Waals surface area contributed by atoms with E-state index >= 15 is 0 Å². The summed E-state index contributed by atoms with van der Waals surface area (Å²) in [7, 11) is -3.36. The number of benzene rings is 2. The Balaban J connectivity index is 1.78. The average Bonchev–Trinajstić information content (AvgIpc) is 2.56. The summed E-state index contributed by atoms with van der Waals surface area (Å²) >= 11 is 0. The van der Waals surface area contributed by atoms with Crippen LogP contribution >= 0.6 is 0 Å². The van der Waals surface area contributed by atoms with Gasteiger partial charge in [0.2, 0.25) is 10.0 Å². The van der Waals surface area contributed by atoms with Crippen LogP contribution in [0.4, 0.5) is 0 Å². The summed E-state index contributed by atoms with van der Waals surface area (Å²) in [6.45, 7) is 2.68. The number of morpholine rings is 1. The Kier molecular flexibility index (Phi) is 4.80. The molecule has 2 atom stereocenters. The van der Waals surface area contributed by atoms with E-state index in [2.05, 4.69) is 0 Å². The van der Waals surface area contributed by atoms with Crippen LogP contribution in [0.5, 0.6) is 0 Å². The molecule has 1 saturated heterocycles. The van der Waals surface area contributed by atoms with E-state index in [1.54, 1.807) is 4.31 Å². The molecular formula is C18H21NO3S. The summed E-state index contributed by atoms with van der Waals surface area (Å²) in [5.41, 5.74) is 1.82. The highest BCUT2D eigenvalue weighted by Gasteiger charge is 2.33. The quantitative estimate of drug-likeness (QED) is 0.865. The molecule has 0 bridgehead atoms. The maximum atomic E-state index is 12.7. The van der Waals surface area contributed by atoms with E-state index in [-0.39, 0.29) is 18.0 Å². The normalized spacial score (nSPS) is 22.8. The minimum absolute atomic E-state index is 0.0298. The van der Waals surface area contributed by atoms with Gasteiger partial charge in [-0.3, -0.25) is 0 Å². The monoisotopic (exact) mass is 331 g/mol. The Hall–Kier alpha value is -1.69. The van der Waals surface area contributed by atoms with Crippen molar-refractivity contribution in [3.63, 3.8) is 0 Å². The number of rotatable bonds is 4. The largest absolute Gasteiger partial charge is 0.368 e. The molecule has 0 radical (unpaired) electrons. The van der Waals surface area contributed by atoms with Gasteiger partial charge in [-0.25, -0.2) is 8.42 Å². The molecule has 1 aliphatic heterocycles. The van der Waals surface area contributed by atoms with Crippen LogP contribution in [-0.4, -0.2) is 31.9 Å². The SMILES string of the molecule is C[C@H]1CN(S(=O)(=O)Cc2ccccc2)C[C@@H](c2ccccc2)O1. The summed E-state index contributed by atoms with van der Waals surface area (Å²) in [6, 6.07) is 19.1. The highest BCUT2D eigenvalue weighted by Crippen LogP contribution is 2.27. The van der Waals surface area contributed by atoms with E-state index in [0.29, 0.717) is 13.1 Å². The number of nitrogens with zero attached hydrogens (tertiary/aromatic N) is 1. The first-order valence-electron chi connectivity index (χ1n) is 7.77. The van der Waals surface area contributed by atoms with Crippen LogP contribution in [0, 0.1) is 0 Å². The third-order valence-electron chi connectivity index (χ3n) is 3.98. The van der Waals surface area contributed by atoms with E-state index in [1.165, 1.54) is 0 Å². The molecular weight excluding hydrogens is 310 g/mol. The summed E-state index contributed by atoms with van der Waals surface area (Å²) in [5.74, 6) is 0.0298. The van der Waals surface area contributed by atoms with E-state index in [1.807, 2.05) is 67.6 Å². The Morgan fingerprint density at radius 2 is 1.61 bits per heavy atom. The van der Waals surface area contributed by atoms with Crippen molar-refractivity contribution in [3.8, 4) is 0 Å². The molecule has 4 nitrogen and oxygen atoms in total. The maximum absolute atomic E-state index is 12.7. The smallest absolute Gasteiger partial charge is 0.218 e. The standard InChI is InChI=1S/C18H21NO3S/c1-15-12-19(13-18(22-15)17-10-6-3-7-11-17)23(20,21)14-16-8-4-2-5-9-16/h2-11,15,18H,12-14H2,1H3/t15-,18-/m0/s1. The summed E-state index contributed by atoms with van der Waals surface area (Å²) in [4.78, 5) is 0. The minimum Gasteiger partial charge on any atom is -0.368 e. The van der Waals surface area contributed by atoms with Crippen LogP contribution in [-0.2, 0) is 20.5 Å². The highest BCUT2D eigenvalue weighted by molar-refractivity contribution is 7.88. The van der Waals surface area contributed by atoms with Gasteiger partial charge in [0, 0.05) is 13.1 Å². The molecule has 23 heavy (non-hydrogen) atoms. The molecule has 2 aromatic rings. The van der Waals surface area contributed by atoms with Gasteiger partial charge in [0.1, 0.15) is 0 Å². The summed E-state index contributed by atoms with van der Waals surface area (Å²) < 4.78 is 33.0. The molecule has 0 spiro atoms. The lowest BCUT2D eigenvalue weighted by Gasteiger charge is -2.36. The Morgan fingerprint density at radius 1 is 1.00 bits per heavy atom. The van der Waals surface area contributed by atoms with Gasteiger partial charge in [0.25, 0.3) is 0 Å². The van der Waals surface area contributed by atoms with Gasteiger partial charge in [-0.2, -0.15) is 4.31 Å². The summed E-state index contributed by atoms with van der Waals surface area (Å²) in [6.07, 6.45) is -0.343. The molecule has 5 heteroatoms. The zero-order chi connectivity index (χ0) is 16.3. The first kappa shape index (κ1) is 16.2. The second-order valence-electron chi connectivity index (χ2n) is 5.90. The third-order valence-corrected chi connectivity index (χ3v) is 5.77. The van der Waals surface area contributed by atoms with Gasteiger partial charge in [0.15, 0.2) is 0 Å². The first-order valence-corrected chi connectivity index (χ1v) is 9.38. The molecule has 0 saturated carbocycles. The predicted molar refractivity (Wildman–Crippen MR) is 90.4 cm³/mol. The number of hydrogen-bond donors (Lipinski definition) is 0. The van der Waals surface area contributed by atoms with Crippen LogP contribution in [0.25, 0.3) is 0 Å². The number of sulfonamides is 1. The molecule has 0 unspecified atom stereocenters. The maximum Gasteiger partial charge on any atom is 0.218 e. The lowest BCUT2D eigenvalue weighted by atomic mass is 10.1. The van der Waals surface area contributed by atoms with Crippen molar-refractivity contribution < 1.29 is 13.2 Å². The minimum atomic E-state index is -3.36. The van der Waals surface area contributed by atoms with Crippen molar-refractivity contribution in [2.24, 2.45) is 0 Å². The second-order valence-corrected chi connectivity index (χ2v) is 7.87. The van der Waals surface area contributed by atoms with E-state index in [4.69, 9.17) is 4.74 Å². The van der Waals surface area contributed by atoms with Gasteiger partial charge in [-0.05, 0) is 18.1 Å². The Labute approximate surface area is 137 Å². The molecule has 0 amide bonds. The molecule has 122 valence electrons. The first-order chi connectivity index (χ1) is 11.0. The fourth-order valence-corrected chi connectivity index (χ4v) is 4.46. The molecule has 0 aliphatic carbocycles. The van der Waals surface area contributed by atoms with E-state index in [9.17, 15) is 8.42 Å². The van der Waals surface area contributed by atoms with Crippen LogP contribution < -0.4 is 0 Å². The van der Waals surface area contributed by atoms with Crippen molar-refractivity contribution in [2.45, 2.75) is 24.9 Å². The molecule has 1 heterocycles. The lowest BCUT2D eigenvalue weighted by Crippen LogP contribution is -2.46. The fourth-order valence-electron chi connectivity index (χ4n) is 2.87. The second kappa shape index (κ2) is 6.83. The van der Waals surface area contributed by atoms with Gasteiger partial charge >= 0.3 is 0 Å². The molecule has 1 aliphatic rings. The average molecular weight is 331 g/mol. The highest BCUT2D eigenvalue weighted by atomic mass is 32.2. The van der Waals surface area contributed by atoms with E-state index < -0.39 is 10.0 Å². The van der Waals surface area contributed by atoms with Crippen LogP contribution in [0.1, 0.15) is 24.2 Å². The Morgan fingerprint density at radius 3 is 2.26 bits per heavy atom. The molecule has 2 aromatic carbocycles. The van der Waals surface area contributed by atoms with Crippen molar-refractivity contribution in [3.05, 3.63) is 71.8 Å². The summed E-state index contributed by atoms with van der Waals surface area (Å²) in [5, 5.41) is 0. The molecule has 1 fully saturated rings. The van der Waals surface area contributed by atoms with Gasteiger partial charge < -0.3 is 4.74 Å². The molecule has 0 N–H and O–H groups in total. The molecule has 3 rings (SSSR count). The number of ether oxygens (including phenoxy) is 1. The topological polar surface area (TPSA) is 46.6 Å². The van der Waals surface area contributed by atoms with Crippen molar-refractivity contribution >= 4 is 10.0 Å².